The molecule has 0 bridgehead atoms. The van der Waals surface area contributed by atoms with Gasteiger partial charge in [0.1, 0.15) is 0 Å². The molecule has 0 heterocycles. The zero-order valence-electron chi connectivity index (χ0n) is 14.6. The Labute approximate surface area is 161 Å². The molecule has 0 aliphatic heterocycles. The van der Waals surface area contributed by atoms with E-state index in [1.165, 1.54) is 13.2 Å². The lowest BCUT2D eigenvalue weighted by atomic mass is 10.1. The second-order valence-electron chi connectivity index (χ2n) is 5.69. The minimum Gasteiger partial charge on any atom is -0.490 e. The van der Waals surface area contributed by atoms with Crippen LogP contribution in [0.4, 0.5) is 8.92 Å². The van der Waals surface area contributed by atoms with Crippen molar-refractivity contribution in [2.24, 2.45) is 0 Å². The van der Waals surface area contributed by atoms with Crippen LogP contribution in [0.25, 0.3) is 0 Å². The predicted octanol–water partition coefficient (Wildman–Crippen LogP) is 5.88. The molecule has 0 amide bonds. The van der Waals surface area contributed by atoms with Gasteiger partial charge in [-0.1, -0.05) is 11.6 Å². The average molecular weight is 403 g/mol. The van der Waals surface area contributed by atoms with Gasteiger partial charge in [-0.15, -0.1) is 11.8 Å². The predicted molar refractivity (Wildman–Crippen MR) is 101 cm³/mol. The van der Waals surface area contributed by atoms with Gasteiger partial charge >= 0.3 is 0 Å². The zero-order valence-corrected chi connectivity index (χ0v) is 16.2. The summed E-state index contributed by atoms with van der Waals surface area (Å²) in [6, 6.07) is 9.94. The molecule has 0 spiro atoms. The molecule has 0 aromatic heterocycles. The van der Waals surface area contributed by atoms with Crippen molar-refractivity contribution in [2.45, 2.75) is 30.8 Å². The summed E-state index contributed by atoms with van der Waals surface area (Å²) < 4.78 is 37.7. The molecule has 7 heteroatoms. The minimum atomic E-state index is -0.547. The van der Waals surface area contributed by atoms with Crippen molar-refractivity contribution >= 4 is 23.4 Å². The molecule has 26 heavy (non-hydrogen) atoms. The SMILES string of the molecule is COC(C)Cc1c(OF)ccc(F)c1OCCCSc1ccc(Cl)cc1. The highest BCUT2D eigenvalue weighted by molar-refractivity contribution is 7.99. The van der Waals surface area contributed by atoms with Crippen LogP contribution in [-0.2, 0) is 11.2 Å². The van der Waals surface area contributed by atoms with Crippen molar-refractivity contribution < 1.29 is 23.3 Å². The molecule has 0 saturated heterocycles. The number of halogens is 3. The Bertz CT molecular complexity index is 698. The number of benzene rings is 2. The Balaban J connectivity index is 1.94. The fourth-order valence-electron chi connectivity index (χ4n) is 2.33. The topological polar surface area (TPSA) is 27.7 Å². The highest BCUT2D eigenvalue weighted by atomic mass is 35.5. The molecule has 0 fully saturated rings. The highest BCUT2D eigenvalue weighted by Gasteiger charge is 2.19. The van der Waals surface area contributed by atoms with Gasteiger partial charge in [0.05, 0.1) is 12.7 Å². The fraction of sp³-hybridized carbons (Fsp3) is 0.368. The van der Waals surface area contributed by atoms with Crippen LogP contribution in [0.3, 0.4) is 0 Å². The highest BCUT2D eigenvalue weighted by Crippen LogP contribution is 2.33. The second kappa shape index (κ2) is 10.6. The summed E-state index contributed by atoms with van der Waals surface area (Å²) in [5.74, 6) is 0.211. The smallest absolute Gasteiger partial charge is 0.179 e. The number of methoxy groups -OCH3 is 1. The van der Waals surface area contributed by atoms with E-state index < -0.39 is 5.82 Å². The number of thioether (sulfide) groups is 1. The number of rotatable bonds is 10. The quantitative estimate of drug-likeness (QED) is 0.366. The molecule has 1 atom stereocenters. The van der Waals surface area contributed by atoms with E-state index in [4.69, 9.17) is 21.1 Å². The molecule has 1 unspecified atom stereocenters. The monoisotopic (exact) mass is 402 g/mol. The zero-order chi connectivity index (χ0) is 18.9. The molecule has 0 aliphatic carbocycles. The Kier molecular flexibility index (Phi) is 8.48. The van der Waals surface area contributed by atoms with Gasteiger partial charge in [-0.25, -0.2) is 4.39 Å². The summed E-state index contributed by atoms with van der Waals surface area (Å²) in [6.45, 7) is 2.11. The first-order chi connectivity index (χ1) is 12.5. The maximum absolute atomic E-state index is 14.2. The largest absolute Gasteiger partial charge is 0.490 e. The molecule has 0 aliphatic rings. The van der Waals surface area contributed by atoms with E-state index >= 15 is 0 Å². The first-order valence-electron chi connectivity index (χ1n) is 8.19. The Morgan fingerprint density at radius 1 is 1.15 bits per heavy atom. The summed E-state index contributed by atoms with van der Waals surface area (Å²) in [5.41, 5.74) is 0.326. The summed E-state index contributed by atoms with van der Waals surface area (Å²) >= 11 is 7.51. The van der Waals surface area contributed by atoms with Crippen molar-refractivity contribution in [3.05, 3.63) is 52.8 Å². The molecule has 3 nitrogen and oxygen atoms in total. The molecule has 2 aromatic rings. The summed E-state index contributed by atoms with van der Waals surface area (Å²) in [7, 11) is 1.54. The lowest BCUT2D eigenvalue weighted by Gasteiger charge is -2.16. The van der Waals surface area contributed by atoms with Crippen LogP contribution in [0.2, 0.25) is 5.02 Å². The molecule has 0 N–H and O–H groups in total. The van der Waals surface area contributed by atoms with Crippen molar-refractivity contribution in [1.82, 2.24) is 0 Å². The lowest BCUT2D eigenvalue weighted by molar-refractivity contribution is -0.00861. The van der Waals surface area contributed by atoms with Crippen LogP contribution in [-0.4, -0.2) is 25.6 Å². The van der Waals surface area contributed by atoms with E-state index in [-0.39, 0.29) is 24.0 Å². The molecule has 0 radical (unpaired) electrons. The molecule has 142 valence electrons. The van der Waals surface area contributed by atoms with Gasteiger partial charge in [-0.3, -0.25) is 4.94 Å². The number of hydrogen-bond donors (Lipinski definition) is 0. The third-order valence-electron chi connectivity index (χ3n) is 3.76. The normalized spacial score (nSPS) is 12.0. The Hall–Kier alpha value is -1.50. The van der Waals surface area contributed by atoms with E-state index in [1.807, 2.05) is 24.3 Å². The van der Waals surface area contributed by atoms with Crippen molar-refractivity contribution in [3.63, 3.8) is 0 Å². The van der Waals surface area contributed by atoms with E-state index in [1.54, 1.807) is 18.7 Å². The standard InChI is InChI=1S/C19H21ClF2O3S/c1-13(23-2)12-16-18(25-22)9-8-17(21)19(16)24-10-3-11-26-15-6-4-14(20)5-7-15/h4-9,13H,3,10-12H2,1-2H3. The van der Waals surface area contributed by atoms with Gasteiger partial charge in [0.15, 0.2) is 17.3 Å². The molecule has 2 rings (SSSR count). The molecule has 2 aromatic carbocycles. The van der Waals surface area contributed by atoms with E-state index in [0.717, 1.165) is 16.7 Å². The lowest BCUT2D eigenvalue weighted by Crippen LogP contribution is -2.12. The number of ether oxygens (including phenoxy) is 2. The van der Waals surface area contributed by atoms with E-state index in [9.17, 15) is 8.92 Å². The van der Waals surface area contributed by atoms with Gasteiger partial charge in [-0.05, 0) is 49.7 Å². The fourth-order valence-corrected chi connectivity index (χ4v) is 3.28. The molecule has 0 saturated carbocycles. The summed E-state index contributed by atoms with van der Waals surface area (Å²) in [5, 5.41) is 0.695. The van der Waals surface area contributed by atoms with Crippen LogP contribution in [0.5, 0.6) is 11.5 Å². The third kappa shape index (κ3) is 6.04. The first-order valence-corrected chi connectivity index (χ1v) is 9.55. The van der Waals surface area contributed by atoms with E-state index in [0.29, 0.717) is 23.6 Å². The molecular formula is C19H21ClF2O3S. The van der Waals surface area contributed by atoms with Gasteiger partial charge in [-0.2, -0.15) is 0 Å². The van der Waals surface area contributed by atoms with E-state index in [2.05, 4.69) is 4.94 Å². The summed E-state index contributed by atoms with van der Waals surface area (Å²) in [6.07, 6.45) is 0.753. The van der Waals surface area contributed by atoms with Gasteiger partial charge in [0.2, 0.25) is 0 Å². The molecular weight excluding hydrogens is 382 g/mol. The minimum absolute atomic E-state index is 0.0144. The Morgan fingerprint density at radius 3 is 2.54 bits per heavy atom. The third-order valence-corrected chi connectivity index (χ3v) is 5.11. The maximum Gasteiger partial charge on any atom is 0.179 e. The van der Waals surface area contributed by atoms with Gasteiger partial charge < -0.3 is 9.47 Å². The van der Waals surface area contributed by atoms with Crippen LogP contribution in [0, 0.1) is 5.82 Å². The van der Waals surface area contributed by atoms with Crippen LogP contribution >= 0.6 is 23.4 Å². The Morgan fingerprint density at radius 2 is 1.88 bits per heavy atom. The first kappa shape index (κ1) is 20.8. The van der Waals surface area contributed by atoms with Gasteiger partial charge in [0, 0.05) is 39.3 Å². The van der Waals surface area contributed by atoms with Crippen LogP contribution < -0.4 is 9.68 Å². The summed E-state index contributed by atoms with van der Waals surface area (Å²) in [4.78, 5) is 4.96. The number of hydrogen-bond acceptors (Lipinski definition) is 4. The van der Waals surface area contributed by atoms with Crippen molar-refractivity contribution in [2.75, 3.05) is 19.5 Å². The van der Waals surface area contributed by atoms with Crippen LogP contribution in [0.1, 0.15) is 18.9 Å². The second-order valence-corrected chi connectivity index (χ2v) is 7.29. The van der Waals surface area contributed by atoms with Gasteiger partial charge in [0.25, 0.3) is 0 Å². The van der Waals surface area contributed by atoms with Crippen molar-refractivity contribution in [3.8, 4) is 11.5 Å². The van der Waals surface area contributed by atoms with Crippen LogP contribution in [0.15, 0.2) is 41.3 Å². The average Bonchev–Trinajstić information content (AvgIpc) is 2.65. The maximum atomic E-state index is 14.2. The van der Waals surface area contributed by atoms with Crippen molar-refractivity contribution in [1.29, 1.82) is 0 Å².